The lowest BCUT2D eigenvalue weighted by molar-refractivity contribution is -0.114. The first-order valence-corrected chi connectivity index (χ1v) is 6.97. The molecule has 1 amide bonds. The number of carbonyl (C=O) groups is 1. The maximum Gasteiger partial charge on any atom is 0.221 e. The van der Waals surface area contributed by atoms with Crippen molar-refractivity contribution >= 4 is 17.3 Å². The van der Waals surface area contributed by atoms with Crippen LogP contribution in [0.4, 0.5) is 5.69 Å². The molecule has 1 aliphatic rings. The fraction of sp³-hybridized carbons (Fsp3) is 0.176. The van der Waals surface area contributed by atoms with Gasteiger partial charge in [0.1, 0.15) is 0 Å². The number of amides is 1. The monoisotopic (exact) mass is 279 g/mol. The fourth-order valence-corrected chi connectivity index (χ4v) is 2.45. The van der Waals surface area contributed by atoms with Crippen molar-refractivity contribution < 1.29 is 4.79 Å². The van der Waals surface area contributed by atoms with E-state index in [0.717, 1.165) is 23.4 Å². The highest BCUT2D eigenvalue weighted by Gasteiger charge is 2.20. The maximum atomic E-state index is 11.0. The second kappa shape index (κ2) is 5.79. The van der Waals surface area contributed by atoms with E-state index in [-0.39, 0.29) is 11.9 Å². The van der Waals surface area contributed by atoms with Gasteiger partial charge in [0.2, 0.25) is 5.91 Å². The molecule has 2 aromatic rings. The molecule has 0 spiro atoms. The normalized spacial score (nSPS) is 17.0. The van der Waals surface area contributed by atoms with Crippen LogP contribution in [0.3, 0.4) is 0 Å². The molecule has 3 rings (SSSR count). The van der Waals surface area contributed by atoms with E-state index >= 15 is 0 Å². The highest BCUT2D eigenvalue weighted by molar-refractivity contribution is 6.02. The highest BCUT2D eigenvalue weighted by atomic mass is 16.1. The number of hydrazone groups is 1. The smallest absolute Gasteiger partial charge is 0.221 e. The molecule has 21 heavy (non-hydrogen) atoms. The predicted octanol–water partition coefficient (Wildman–Crippen LogP) is 3.08. The van der Waals surface area contributed by atoms with Crippen LogP contribution in [0.15, 0.2) is 59.7 Å². The summed E-state index contributed by atoms with van der Waals surface area (Å²) in [5, 5.41) is 7.20. The molecule has 106 valence electrons. The number of nitrogens with one attached hydrogen (secondary N) is 2. The fourth-order valence-electron chi connectivity index (χ4n) is 2.45. The van der Waals surface area contributed by atoms with Crippen LogP contribution in [-0.2, 0) is 4.79 Å². The lowest BCUT2D eigenvalue weighted by Crippen LogP contribution is -2.09. The zero-order chi connectivity index (χ0) is 14.7. The summed E-state index contributed by atoms with van der Waals surface area (Å²) in [6, 6.07) is 18.3. The topological polar surface area (TPSA) is 53.5 Å². The summed E-state index contributed by atoms with van der Waals surface area (Å²) < 4.78 is 0. The summed E-state index contributed by atoms with van der Waals surface area (Å²) in [5.74, 6) is -0.0632. The molecule has 1 atom stereocenters. The minimum Gasteiger partial charge on any atom is -0.326 e. The maximum absolute atomic E-state index is 11.0. The van der Waals surface area contributed by atoms with Crippen LogP contribution in [0, 0.1) is 0 Å². The van der Waals surface area contributed by atoms with Crippen LogP contribution in [0.1, 0.15) is 30.5 Å². The van der Waals surface area contributed by atoms with Gasteiger partial charge in [0, 0.05) is 19.0 Å². The first kappa shape index (κ1) is 13.4. The Hall–Kier alpha value is -2.62. The van der Waals surface area contributed by atoms with E-state index in [1.54, 1.807) is 0 Å². The van der Waals surface area contributed by atoms with Crippen molar-refractivity contribution in [2.75, 3.05) is 5.32 Å². The first-order chi connectivity index (χ1) is 10.2. The highest BCUT2D eigenvalue weighted by Crippen LogP contribution is 2.24. The van der Waals surface area contributed by atoms with Gasteiger partial charge in [-0.05, 0) is 23.3 Å². The summed E-state index contributed by atoms with van der Waals surface area (Å²) in [6.45, 7) is 1.50. The molecule has 0 saturated carbocycles. The van der Waals surface area contributed by atoms with Crippen molar-refractivity contribution in [1.82, 2.24) is 5.43 Å². The predicted molar refractivity (Wildman–Crippen MR) is 84.2 cm³/mol. The molecule has 0 unspecified atom stereocenters. The van der Waals surface area contributed by atoms with E-state index < -0.39 is 0 Å². The van der Waals surface area contributed by atoms with Gasteiger partial charge in [-0.1, -0.05) is 42.5 Å². The Bertz CT molecular complexity index is 662. The molecule has 0 bridgehead atoms. The van der Waals surface area contributed by atoms with E-state index in [1.165, 1.54) is 12.5 Å². The molecular weight excluding hydrogens is 262 g/mol. The van der Waals surface area contributed by atoms with Gasteiger partial charge in [0.05, 0.1) is 11.8 Å². The number of carbonyl (C=O) groups excluding carboxylic acids is 1. The number of hydrogen-bond acceptors (Lipinski definition) is 3. The molecule has 0 radical (unpaired) electrons. The van der Waals surface area contributed by atoms with Gasteiger partial charge in [0.15, 0.2) is 0 Å². The molecule has 4 heteroatoms. The third kappa shape index (κ3) is 3.11. The Morgan fingerprint density at radius 2 is 1.86 bits per heavy atom. The number of hydrogen-bond donors (Lipinski definition) is 2. The summed E-state index contributed by atoms with van der Waals surface area (Å²) >= 11 is 0. The van der Waals surface area contributed by atoms with Crippen LogP contribution < -0.4 is 10.7 Å². The van der Waals surface area contributed by atoms with Gasteiger partial charge in [-0.25, -0.2) is 0 Å². The zero-order valence-corrected chi connectivity index (χ0v) is 11.8. The van der Waals surface area contributed by atoms with Gasteiger partial charge in [0.25, 0.3) is 0 Å². The number of anilines is 1. The summed E-state index contributed by atoms with van der Waals surface area (Å²) in [5.41, 5.74) is 7.35. The van der Waals surface area contributed by atoms with Gasteiger partial charge in [-0.3, -0.25) is 4.79 Å². The largest absolute Gasteiger partial charge is 0.326 e. The van der Waals surface area contributed by atoms with Crippen molar-refractivity contribution in [3.8, 4) is 0 Å². The van der Waals surface area contributed by atoms with E-state index in [4.69, 9.17) is 0 Å². The van der Waals surface area contributed by atoms with E-state index in [2.05, 4.69) is 28.0 Å². The Labute approximate surface area is 123 Å². The lowest BCUT2D eigenvalue weighted by Gasteiger charge is -2.09. The van der Waals surface area contributed by atoms with Gasteiger partial charge in [-0.15, -0.1) is 0 Å². The Morgan fingerprint density at radius 3 is 2.52 bits per heavy atom. The third-order valence-corrected chi connectivity index (χ3v) is 3.49. The van der Waals surface area contributed by atoms with Crippen molar-refractivity contribution in [2.24, 2.45) is 5.10 Å². The first-order valence-electron chi connectivity index (χ1n) is 6.97. The molecule has 0 aliphatic carbocycles. The van der Waals surface area contributed by atoms with Crippen LogP contribution in [0.2, 0.25) is 0 Å². The summed E-state index contributed by atoms with van der Waals surface area (Å²) in [7, 11) is 0. The SMILES string of the molecule is CC(=O)Nc1ccc(C2=NN[C@H](c3ccccc3)C2)cc1. The molecule has 2 aromatic carbocycles. The molecule has 1 heterocycles. The Balaban J connectivity index is 1.70. The number of nitrogens with zero attached hydrogens (tertiary/aromatic N) is 1. The lowest BCUT2D eigenvalue weighted by atomic mass is 9.99. The van der Waals surface area contributed by atoms with Crippen molar-refractivity contribution in [2.45, 2.75) is 19.4 Å². The molecule has 0 fully saturated rings. The minimum atomic E-state index is -0.0632. The molecule has 0 aromatic heterocycles. The van der Waals surface area contributed by atoms with Gasteiger partial charge in [-0.2, -0.15) is 5.10 Å². The second-order valence-corrected chi connectivity index (χ2v) is 5.11. The average Bonchev–Trinajstić information content (AvgIpc) is 2.98. The molecule has 0 saturated heterocycles. The van der Waals surface area contributed by atoms with Crippen molar-refractivity contribution in [3.05, 3.63) is 65.7 Å². The van der Waals surface area contributed by atoms with Crippen LogP contribution >= 0.6 is 0 Å². The zero-order valence-electron chi connectivity index (χ0n) is 11.8. The molecular formula is C17H17N3O. The third-order valence-electron chi connectivity index (χ3n) is 3.49. The average molecular weight is 279 g/mol. The van der Waals surface area contributed by atoms with Gasteiger partial charge >= 0.3 is 0 Å². The Kier molecular flexibility index (Phi) is 3.69. The quantitative estimate of drug-likeness (QED) is 0.907. The van der Waals surface area contributed by atoms with Gasteiger partial charge < -0.3 is 10.7 Å². The van der Waals surface area contributed by atoms with Crippen LogP contribution in [-0.4, -0.2) is 11.6 Å². The molecule has 1 aliphatic heterocycles. The second-order valence-electron chi connectivity index (χ2n) is 5.11. The Morgan fingerprint density at radius 1 is 1.14 bits per heavy atom. The summed E-state index contributed by atoms with van der Waals surface area (Å²) in [6.07, 6.45) is 0.865. The standard InChI is InChI=1S/C17H17N3O/c1-12(21)18-15-9-7-14(8-10-15)17-11-16(19-20-17)13-5-3-2-4-6-13/h2-10,16,19H,11H2,1H3,(H,18,21)/t16-/m0/s1. The van der Waals surface area contributed by atoms with Crippen molar-refractivity contribution in [3.63, 3.8) is 0 Å². The molecule has 4 nitrogen and oxygen atoms in total. The van der Waals surface area contributed by atoms with E-state index in [1.807, 2.05) is 42.5 Å². The number of benzene rings is 2. The minimum absolute atomic E-state index is 0.0632. The number of rotatable bonds is 3. The van der Waals surface area contributed by atoms with Crippen LogP contribution in [0.5, 0.6) is 0 Å². The summed E-state index contributed by atoms with van der Waals surface area (Å²) in [4.78, 5) is 11.0. The van der Waals surface area contributed by atoms with E-state index in [9.17, 15) is 4.79 Å². The molecule has 2 N–H and O–H groups in total. The van der Waals surface area contributed by atoms with E-state index in [0.29, 0.717) is 0 Å². The van der Waals surface area contributed by atoms with Crippen LogP contribution in [0.25, 0.3) is 0 Å². The van der Waals surface area contributed by atoms with Crippen molar-refractivity contribution in [1.29, 1.82) is 0 Å².